The smallest absolute Gasteiger partial charge is 0.222 e. The van der Waals surface area contributed by atoms with Crippen molar-refractivity contribution in [1.29, 1.82) is 0 Å². The van der Waals surface area contributed by atoms with E-state index in [1.54, 1.807) is 0 Å². The zero-order valence-corrected chi connectivity index (χ0v) is 13.4. The molecule has 0 saturated carbocycles. The van der Waals surface area contributed by atoms with Gasteiger partial charge in [-0.15, -0.1) is 11.3 Å². The fourth-order valence-corrected chi connectivity index (χ4v) is 3.92. The minimum atomic E-state index is 0.0826. The molecule has 1 aliphatic rings. The average molecular weight is 294 g/mol. The van der Waals surface area contributed by atoms with Crippen LogP contribution in [0.25, 0.3) is 0 Å². The molecule has 1 amide bonds. The Kier molecular flexibility index (Phi) is 5.61. The maximum absolute atomic E-state index is 12.4. The fraction of sp³-hybridized carbons (Fsp3) is 0.688. The van der Waals surface area contributed by atoms with Gasteiger partial charge in [-0.2, -0.15) is 0 Å². The van der Waals surface area contributed by atoms with Gasteiger partial charge in [0.1, 0.15) is 0 Å². The molecule has 4 heteroatoms. The van der Waals surface area contributed by atoms with Crippen LogP contribution in [0.4, 0.5) is 0 Å². The molecule has 0 bridgehead atoms. The van der Waals surface area contributed by atoms with E-state index < -0.39 is 0 Å². The first-order valence-corrected chi connectivity index (χ1v) is 8.50. The van der Waals surface area contributed by atoms with Gasteiger partial charge >= 0.3 is 0 Å². The third-order valence-electron chi connectivity index (χ3n) is 4.09. The molecule has 0 spiro atoms. The van der Waals surface area contributed by atoms with Gasteiger partial charge in [-0.25, -0.2) is 0 Å². The summed E-state index contributed by atoms with van der Waals surface area (Å²) < 4.78 is 0. The largest absolute Gasteiger partial charge is 0.338 e. The lowest BCUT2D eigenvalue weighted by Gasteiger charge is -2.38. The van der Waals surface area contributed by atoms with Gasteiger partial charge < -0.3 is 10.6 Å². The molecular formula is C16H26N2OS. The molecule has 2 atom stereocenters. The highest BCUT2D eigenvalue weighted by Crippen LogP contribution is 2.21. The number of carbonyl (C=O) groups is 1. The van der Waals surface area contributed by atoms with E-state index in [4.69, 9.17) is 5.73 Å². The SMILES string of the molecule is Cc1ccc(CCCC(=O)N2CCCCC2C(C)N)s1. The second-order valence-electron chi connectivity index (χ2n) is 5.88. The van der Waals surface area contributed by atoms with Gasteiger partial charge in [-0.05, 0) is 58.1 Å². The summed E-state index contributed by atoms with van der Waals surface area (Å²) >= 11 is 1.84. The molecule has 0 aromatic carbocycles. The van der Waals surface area contributed by atoms with Crippen LogP contribution in [0.2, 0.25) is 0 Å². The van der Waals surface area contributed by atoms with Crippen molar-refractivity contribution in [2.75, 3.05) is 6.54 Å². The Hall–Kier alpha value is -0.870. The number of hydrogen-bond acceptors (Lipinski definition) is 3. The van der Waals surface area contributed by atoms with Gasteiger partial charge in [0.25, 0.3) is 0 Å². The zero-order valence-electron chi connectivity index (χ0n) is 12.6. The highest BCUT2D eigenvalue weighted by atomic mass is 32.1. The minimum Gasteiger partial charge on any atom is -0.338 e. The van der Waals surface area contributed by atoms with Crippen LogP contribution in [0.3, 0.4) is 0 Å². The fourth-order valence-electron chi connectivity index (χ4n) is 2.99. The van der Waals surface area contributed by atoms with Crippen molar-refractivity contribution < 1.29 is 4.79 Å². The lowest BCUT2D eigenvalue weighted by atomic mass is 9.96. The van der Waals surface area contributed by atoms with E-state index in [1.165, 1.54) is 16.2 Å². The standard InChI is InChI=1S/C16H26N2OS/c1-12-9-10-14(20-12)6-5-8-16(19)18-11-4-3-7-15(18)13(2)17/h9-10,13,15H,3-8,11,17H2,1-2H3. The molecule has 2 rings (SSSR count). The molecular weight excluding hydrogens is 268 g/mol. The molecule has 2 N–H and O–H groups in total. The van der Waals surface area contributed by atoms with Gasteiger partial charge in [0.05, 0.1) is 0 Å². The number of carbonyl (C=O) groups excluding carboxylic acids is 1. The predicted octanol–water partition coefficient (Wildman–Crippen LogP) is 3.11. The van der Waals surface area contributed by atoms with Crippen molar-refractivity contribution in [1.82, 2.24) is 4.90 Å². The first-order chi connectivity index (χ1) is 9.58. The second kappa shape index (κ2) is 7.23. The normalized spacial score (nSPS) is 20.9. The number of likely N-dealkylation sites (tertiary alicyclic amines) is 1. The summed E-state index contributed by atoms with van der Waals surface area (Å²) in [5.74, 6) is 0.292. The van der Waals surface area contributed by atoms with Crippen LogP contribution >= 0.6 is 11.3 Å². The number of aryl methyl sites for hydroxylation is 2. The van der Waals surface area contributed by atoms with Crippen LogP contribution in [0.5, 0.6) is 0 Å². The predicted molar refractivity (Wildman–Crippen MR) is 85.0 cm³/mol. The van der Waals surface area contributed by atoms with Crippen LogP contribution in [-0.4, -0.2) is 29.4 Å². The number of rotatable bonds is 5. The van der Waals surface area contributed by atoms with Crippen LogP contribution < -0.4 is 5.73 Å². The summed E-state index contributed by atoms with van der Waals surface area (Å²) in [6, 6.07) is 4.66. The van der Waals surface area contributed by atoms with Crippen molar-refractivity contribution >= 4 is 17.2 Å². The third kappa shape index (κ3) is 4.06. The quantitative estimate of drug-likeness (QED) is 0.907. The molecule has 0 aliphatic carbocycles. The van der Waals surface area contributed by atoms with E-state index in [0.29, 0.717) is 12.3 Å². The maximum atomic E-state index is 12.4. The lowest BCUT2D eigenvalue weighted by Crippen LogP contribution is -2.51. The summed E-state index contributed by atoms with van der Waals surface area (Å²) in [4.78, 5) is 17.2. The molecule has 1 aromatic heterocycles. The number of amides is 1. The highest BCUT2D eigenvalue weighted by molar-refractivity contribution is 7.11. The van der Waals surface area contributed by atoms with E-state index in [2.05, 4.69) is 19.1 Å². The molecule has 1 fully saturated rings. The monoisotopic (exact) mass is 294 g/mol. The number of nitrogens with zero attached hydrogens (tertiary/aromatic N) is 1. The molecule has 2 heterocycles. The Morgan fingerprint density at radius 1 is 1.50 bits per heavy atom. The van der Waals surface area contributed by atoms with E-state index in [9.17, 15) is 4.79 Å². The van der Waals surface area contributed by atoms with Gasteiger partial charge in [0, 0.05) is 34.8 Å². The number of nitrogens with two attached hydrogens (primary N) is 1. The summed E-state index contributed by atoms with van der Waals surface area (Å²) in [7, 11) is 0. The van der Waals surface area contributed by atoms with Crippen LogP contribution in [0.15, 0.2) is 12.1 Å². The highest BCUT2D eigenvalue weighted by Gasteiger charge is 2.28. The molecule has 1 aromatic rings. The van der Waals surface area contributed by atoms with Gasteiger partial charge in [-0.3, -0.25) is 4.79 Å². The number of thiophene rings is 1. The second-order valence-corrected chi connectivity index (χ2v) is 7.25. The summed E-state index contributed by atoms with van der Waals surface area (Å²) in [6.45, 7) is 5.04. The first kappa shape index (κ1) is 15.5. The summed E-state index contributed by atoms with van der Waals surface area (Å²) in [5, 5.41) is 0. The Morgan fingerprint density at radius 2 is 2.30 bits per heavy atom. The van der Waals surface area contributed by atoms with Crippen molar-refractivity contribution in [2.45, 2.75) is 64.5 Å². The van der Waals surface area contributed by atoms with E-state index in [0.717, 1.165) is 32.2 Å². The van der Waals surface area contributed by atoms with E-state index in [1.807, 2.05) is 23.2 Å². The van der Waals surface area contributed by atoms with Gasteiger partial charge in [0.2, 0.25) is 5.91 Å². The Morgan fingerprint density at radius 3 is 2.95 bits per heavy atom. The van der Waals surface area contributed by atoms with Crippen molar-refractivity contribution in [3.8, 4) is 0 Å². The van der Waals surface area contributed by atoms with Crippen molar-refractivity contribution in [2.24, 2.45) is 5.73 Å². The molecule has 20 heavy (non-hydrogen) atoms. The summed E-state index contributed by atoms with van der Waals surface area (Å²) in [6.07, 6.45) is 6.00. The van der Waals surface area contributed by atoms with E-state index in [-0.39, 0.29) is 12.1 Å². The van der Waals surface area contributed by atoms with Crippen LogP contribution in [0, 0.1) is 6.92 Å². The zero-order chi connectivity index (χ0) is 14.5. The van der Waals surface area contributed by atoms with Crippen LogP contribution in [-0.2, 0) is 11.2 Å². The molecule has 3 nitrogen and oxygen atoms in total. The third-order valence-corrected chi connectivity index (χ3v) is 5.15. The van der Waals surface area contributed by atoms with Crippen molar-refractivity contribution in [3.05, 3.63) is 21.9 Å². The average Bonchev–Trinajstić information content (AvgIpc) is 2.84. The maximum Gasteiger partial charge on any atom is 0.222 e. The molecule has 112 valence electrons. The van der Waals surface area contributed by atoms with E-state index >= 15 is 0 Å². The Labute approximate surface area is 126 Å². The number of piperidine rings is 1. The summed E-state index contributed by atoms with van der Waals surface area (Å²) in [5.41, 5.74) is 6.03. The minimum absolute atomic E-state index is 0.0826. The topological polar surface area (TPSA) is 46.3 Å². The lowest BCUT2D eigenvalue weighted by molar-refractivity contribution is -0.135. The molecule has 1 aliphatic heterocycles. The van der Waals surface area contributed by atoms with Gasteiger partial charge in [-0.1, -0.05) is 0 Å². The molecule has 0 radical (unpaired) electrons. The Balaban J connectivity index is 1.81. The van der Waals surface area contributed by atoms with Gasteiger partial charge in [0.15, 0.2) is 0 Å². The molecule has 1 saturated heterocycles. The number of hydrogen-bond donors (Lipinski definition) is 1. The Bertz CT molecular complexity index is 441. The first-order valence-electron chi connectivity index (χ1n) is 7.68. The van der Waals surface area contributed by atoms with Crippen LogP contribution in [0.1, 0.15) is 48.8 Å². The van der Waals surface area contributed by atoms with Crippen molar-refractivity contribution in [3.63, 3.8) is 0 Å². The molecule has 2 unspecified atom stereocenters.